The molecule has 1 aliphatic carbocycles. The van der Waals surface area contributed by atoms with Gasteiger partial charge in [0.05, 0.1) is 18.8 Å². The number of aliphatic hydroxyl groups excluding tert-OH is 6. The number of aliphatic hydroxyl groups is 6. The topological polar surface area (TPSA) is 140 Å². The molecule has 1 aliphatic heterocycles. The van der Waals surface area contributed by atoms with Crippen molar-refractivity contribution in [1.29, 1.82) is 0 Å². The minimum absolute atomic E-state index is 0.331. The van der Waals surface area contributed by atoms with E-state index in [0.717, 1.165) is 5.57 Å². The van der Waals surface area contributed by atoms with Gasteiger partial charge in [-0.05, 0) is 36.8 Å². The quantitative estimate of drug-likeness (QED) is 0.360. The Morgan fingerprint density at radius 2 is 1.78 bits per heavy atom. The summed E-state index contributed by atoms with van der Waals surface area (Å²) in [7, 11) is 0. The molecule has 8 unspecified atom stereocenters. The van der Waals surface area contributed by atoms with Gasteiger partial charge in [0.1, 0.15) is 30.5 Å². The van der Waals surface area contributed by atoms with Gasteiger partial charge in [0, 0.05) is 0 Å². The Morgan fingerprint density at radius 3 is 2.37 bits per heavy atom. The van der Waals surface area contributed by atoms with Crippen LogP contribution in [-0.2, 0) is 9.47 Å². The first kappa shape index (κ1) is 22.4. The molecule has 1 heterocycles. The predicted molar refractivity (Wildman–Crippen MR) is 96.6 cm³/mol. The van der Waals surface area contributed by atoms with E-state index in [4.69, 9.17) is 9.47 Å². The molecule has 2 aliphatic rings. The lowest BCUT2D eigenvalue weighted by molar-refractivity contribution is -0.306. The van der Waals surface area contributed by atoms with Crippen molar-refractivity contribution in [2.45, 2.75) is 83.1 Å². The van der Waals surface area contributed by atoms with E-state index < -0.39 is 55.6 Å². The van der Waals surface area contributed by atoms with E-state index in [-0.39, 0.29) is 5.41 Å². The molecular formula is C19H32O8. The van der Waals surface area contributed by atoms with Crippen LogP contribution in [0.25, 0.3) is 0 Å². The molecule has 156 valence electrons. The van der Waals surface area contributed by atoms with E-state index in [9.17, 15) is 30.6 Å². The highest BCUT2D eigenvalue weighted by molar-refractivity contribution is 5.36. The molecule has 27 heavy (non-hydrogen) atoms. The van der Waals surface area contributed by atoms with Crippen LogP contribution in [0.2, 0.25) is 0 Å². The van der Waals surface area contributed by atoms with Crippen LogP contribution in [0.15, 0.2) is 23.3 Å². The smallest absolute Gasteiger partial charge is 0.187 e. The first-order chi connectivity index (χ1) is 12.5. The van der Waals surface area contributed by atoms with Gasteiger partial charge >= 0.3 is 0 Å². The molecule has 6 N–H and O–H groups in total. The van der Waals surface area contributed by atoms with Gasteiger partial charge in [-0.15, -0.1) is 0 Å². The summed E-state index contributed by atoms with van der Waals surface area (Å²) in [6, 6.07) is 0. The molecule has 8 atom stereocenters. The molecule has 1 saturated heterocycles. The van der Waals surface area contributed by atoms with Crippen LogP contribution in [0.4, 0.5) is 0 Å². The number of hydrogen-bond donors (Lipinski definition) is 6. The molecule has 0 bridgehead atoms. The Kier molecular flexibility index (Phi) is 7.21. The average molecular weight is 388 g/mol. The fraction of sp³-hybridized carbons (Fsp3) is 0.789. The van der Waals surface area contributed by atoms with Crippen LogP contribution in [-0.4, -0.2) is 86.3 Å². The number of ether oxygens (including phenoxy) is 2. The standard InChI is InChI=1S/C19H32O8/c1-9(26-18-17(25)16(24)15(23)13(8-20)27-18)5-6-11-10(2)14(22)12(21)7-19(11,3)4/h5-6,9,12-18,20-25H,7-8H2,1-4H3. The van der Waals surface area contributed by atoms with E-state index in [1.165, 1.54) is 0 Å². The average Bonchev–Trinajstić information content (AvgIpc) is 2.59. The molecule has 8 heteroatoms. The number of allylic oxidation sites excluding steroid dienone is 2. The van der Waals surface area contributed by atoms with Crippen LogP contribution in [0.1, 0.15) is 34.1 Å². The van der Waals surface area contributed by atoms with Gasteiger partial charge in [-0.3, -0.25) is 0 Å². The fourth-order valence-electron chi connectivity index (χ4n) is 3.75. The van der Waals surface area contributed by atoms with E-state index in [0.29, 0.717) is 12.0 Å². The lowest BCUT2D eigenvalue weighted by Gasteiger charge is -2.40. The summed E-state index contributed by atoms with van der Waals surface area (Å²) >= 11 is 0. The molecule has 8 nitrogen and oxygen atoms in total. The lowest BCUT2D eigenvalue weighted by atomic mass is 9.70. The van der Waals surface area contributed by atoms with Crippen LogP contribution < -0.4 is 0 Å². The Bertz CT molecular complexity index is 570. The second kappa shape index (κ2) is 8.67. The summed E-state index contributed by atoms with van der Waals surface area (Å²) < 4.78 is 11.0. The summed E-state index contributed by atoms with van der Waals surface area (Å²) in [6.07, 6.45) is -4.88. The predicted octanol–water partition coefficient (Wildman–Crippen LogP) is -0.784. The zero-order valence-electron chi connectivity index (χ0n) is 16.2. The Morgan fingerprint density at radius 1 is 1.15 bits per heavy atom. The van der Waals surface area contributed by atoms with Crippen LogP contribution in [0.5, 0.6) is 0 Å². The normalized spacial score (nSPS) is 41.2. The summed E-state index contributed by atoms with van der Waals surface area (Å²) in [4.78, 5) is 0. The fourth-order valence-corrected chi connectivity index (χ4v) is 3.75. The van der Waals surface area contributed by atoms with E-state index in [1.807, 2.05) is 19.9 Å². The van der Waals surface area contributed by atoms with Gasteiger partial charge < -0.3 is 40.1 Å². The second-order valence-electron chi connectivity index (χ2n) is 8.09. The van der Waals surface area contributed by atoms with Crippen molar-refractivity contribution in [3.63, 3.8) is 0 Å². The highest BCUT2D eigenvalue weighted by Crippen LogP contribution is 2.41. The third-order valence-electron chi connectivity index (χ3n) is 5.41. The first-order valence-corrected chi connectivity index (χ1v) is 9.21. The molecular weight excluding hydrogens is 356 g/mol. The van der Waals surface area contributed by atoms with Crippen LogP contribution in [0, 0.1) is 5.41 Å². The summed E-state index contributed by atoms with van der Waals surface area (Å²) in [5.74, 6) is 0. The maximum atomic E-state index is 10.1. The molecule has 0 aromatic rings. The second-order valence-corrected chi connectivity index (χ2v) is 8.09. The van der Waals surface area contributed by atoms with Crippen LogP contribution in [0.3, 0.4) is 0 Å². The maximum Gasteiger partial charge on any atom is 0.187 e. The lowest BCUT2D eigenvalue weighted by Crippen LogP contribution is -2.59. The highest BCUT2D eigenvalue weighted by Gasteiger charge is 2.44. The largest absolute Gasteiger partial charge is 0.394 e. The van der Waals surface area contributed by atoms with Crippen molar-refractivity contribution >= 4 is 0 Å². The monoisotopic (exact) mass is 388 g/mol. The van der Waals surface area contributed by atoms with Crippen molar-refractivity contribution in [3.8, 4) is 0 Å². The van der Waals surface area contributed by atoms with Gasteiger partial charge in [0.25, 0.3) is 0 Å². The zero-order valence-corrected chi connectivity index (χ0v) is 16.2. The Hall–Kier alpha value is -0.840. The molecule has 0 radical (unpaired) electrons. The third-order valence-corrected chi connectivity index (χ3v) is 5.41. The Balaban J connectivity index is 2.09. The molecule has 0 aromatic carbocycles. The molecule has 0 saturated carbocycles. The summed E-state index contributed by atoms with van der Waals surface area (Å²) in [5.41, 5.74) is 1.25. The molecule has 2 rings (SSSR count). The van der Waals surface area contributed by atoms with Gasteiger partial charge in [-0.2, -0.15) is 0 Å². The number of hydrogen-bond acceptors (Lipinski definition) is 8. The highest BCUT2D eigenvalue weighted by atomic mass is 16.7. The maximum absolute atomic E-state index is 10.1. The minimum atomic E-state index is -1.49. The molecule has 1 fully saturated rings. The molecule has 0 amide bonds. The van der Waals surface area contributed by atoms with Crippen molar-refractivity contribution in [3.05, 3.63) is 23.3 Å². The van der Waals surface area contributed by atoms with Crippen LogP contribution >= 0.6 is 0 Å². The van der Waals surface area contributed by atoms with E-state index in [1.54, 1.807) is 19.9 Å². The molecule has 0 spiro atoms. The third kappa shape index (κ3) is 4.78. The van der Waals surface area contributed by atoms with Crippen molar-refractivity contribution in [2.24, 2.45) is 5.41 Å². The van der Waals surface area contributed by atoms with Gasteiger partial charge in [-0.25, -0.2) is 0 Å². The van der Waals surface area contributed by atoms with E-state index in [2.05, 4.69) is 0 Å². The summed E-state index contributed by atoms with van der Waals surface area (Å²) in [5, 5.41) is 59.0. The minimum Gasteiger partial charge on any atom is -0.394 e. The zero-order chi connectivity index (χ0) is 20.5. The first-order valence-electron chi connectivity index (χ1n) is 9.21. The summed E-state index contributed by atoms with van der Waals surface area (Å²) in [6.45, 7) is 6.94. The van der Waals surface area contributed by atoms with Crippen molar-refractivity contribution in [1.82, 2.24) is 0 Å². The van der Waals surface area contributed by atoms with E-state index >= 15 is 0 Å². The molecule has 0 aromatic heterocycles. The SMILES string of the molecule is CC1=C(C=CC(C)OC2OC(CO)C(O)C(O)C2O)C(C)(C)CC(O)C1O. The number of rotatable bonds is 5. The Labute approximate surface area is 159 Å². The van der Waals surface area contributed by atoms with Gasteiger partial charge in [-0.1, -0.05) is 26.0 Å². The van der Waals surface area contributed by atoms with Gasteiger partial charge in [0.15, 0.2) is 6.29 Å². The van der Waals surface area contributed by atoms with Crippen molar-refractivity contribution in [2.75, 3.05) is 6.61 Å². The van der Waals surface area contributed by atoms with Crippen molar-refractivity contribution < 1.29 is 40.1 Å². The van der Waals surface area contributed by atoms with Gasteiger partial charge in [0.2, 0.25) is 0 Å².